The first kappa shape index (κ1) is 18.1. The van der Waals surface area contributed by atoms with Crippen molar-refractivity contribution in [2.24, 2.45) is 0 Å². The summed E-state index contributed by atoms with van der Waals surface area (Å²) in [7, 11) is 0. The summed E-state index contributed by atoms with van der Waals surface area (Å²) in [4.78, 5) is 21.4. The molecule has 0 fully saturated rings. The van der Waals surface area contributed by atoms with E-state index in [0.29, 0.717) is 17.5 Å². The monoisotopic (exact) mass is 396 g/mol. The Balaban J connectivity index is 1.32. The Bertz CT molecular complexity index is 1070. The van der Waals surface area contributed by atoms with Crippen LogP contribution in [0.4, 0.5) is 15.3 Å². The number of carbonyl (C=O) groups is 1. The normalized spacial score (nSPS) is 10.9. The highest BCUT2D eigenvalue weighted by Crippen LogP contribution is 2.24. The van der Waals surface area contributed by atoms with Gasteiger partial charge in [0.05, 0.1) is 11.9 Å². The molecule has 0 radical (unpaired) electrons. The zero-order valence-electron chi connectivity index (χ0n) is 15.0. The van der Waals surface area contributed by atoms with E-state index in [-0.39, 0.29) is 18.1 Å². The van der Waals surface area contributed by atoms with Gasteiger partial charge >= 0.3 is 0 Å². The van der Waals surface area contributed by atoms with Gasteiger partial charge in [-0.3, -0.25) is 4.79 Å². The molecular weight excluding hydrogens is 379 g/mol. The van der Waals surface area contributed by atoms with Crippen LogP contribution in [-0.4, -0.2) is 32.0 Å². The number of nitrogens with one attached hydrogen (secondary N) is 2. The van der Waals surface area contributed by atoms with Gasteiger partial charge in [0.2, 0.25) is 16.0 Å². The van der Waals surface area contributed by atoms with Crippen LogP contribution in [0.15, 0.2) is 48.8 Å². The minimum absolute atomic E-state index is 0.121. The lowest BCUT2D eigenvalue weighted by Gasteiger charge is -2.05. The second-order valence-electron chi connectivity index (χ2n) is 6.21. The Kier molecular flexibility index (Phi) is 4.98. The summed E-state index contributed by atoms with van der Waals surface area (Å²) in [5.41, 5.74) is 2.60. The molecule has 0 bridgehead atoms. The second-order valence-corrected chi connectivity index (χ2v) is 7.17. The molecule has 28 heavy (non-hydrogen) atoms. The zero-order chi connectivity index (χ0) is 19.5. The average molecular weight is 396 g/mol. The highest BCUT2D eigenvalue weighted by atomic mass is 32.1. The van der Waals surface area contributed by atoms with Crippen LogP contribution in [0.1, 0.15) is 12.0 Å². The number of carbonyl (C=O) groups excluding carboxylic acids is 1. The van der Waals surface area contributed by atoms with Crippen LogP contribution in [0.3, 0.4) is 0 Å². The highest BCUT2D eigenvalue weighted by Gasteiger charge is 2.10. The van der Waals surface area contributed by atoms with E-state index in [9.17, 15) is 9.18 Å². The van der Waals surface area contributed by atoms with Crippen molar-refractivity contribution < 1.29 is 9.18 Å². The molecule has 0 aliphatic carbocycles. The molecular formula is C19H17FN6OS. The maximum Gasteiger partial charge on any atom is 0.227 e. The average Bonchev–Trinajstić information content (AvgIpc) is 3.23. The van der Waals surface area contributed by atoms with E-state index in [1.165, 1.54) is 23.5 Å². The van der Waals surface area contributed by atoms with Crippen molar-refractivity contribution in [3.8, 4) is 11.3 Å². The number of rotatable bonds is 6. The summed E-state index contributed by atoms with van der Waals surface area (Å²) in [6.07, 6.45) is 3.79. The first-order valence-electron chi connectivity index (χ1n) is 8.65. The molecule has 7 nitrogen and oxygen atoms in total. The van der Waals surface area contributed by atoms with Crippen LogP contribution >= 0.6 is 11.3 Å². The van der Waals surface area contributed by atoms with Crippen molar-refractivity contribution in [2.45, 2.75) is 13.3 Å². The van der Waals surface area contributed by atoms with Crippen molar-refractivity contribution in [3.63, 3.8) is 0 Å². The molecule has 0 spiro atoms. The van der Waals surface area contributed by atoms with Gasteiger partial charge in [-0.2, -0.15) is 0 Å². The fraction of sp³-hybridized carbons (Fsp3) is 0.158. The number of hydrogen-bond donors (Lipinski definition) is 2. The predicted octanol–water partition coefficient (Wildman–Crippen LogP) is 3.74. The summed E-state index contributed by atoms with van der Waals surface area (Å²) < 4.78 is 14.7. The minimum atomic E-state index is -0.281. The molecule has 0 saturated heterocycles. The second kappa shape index (κ2) is 7.73. The largest absolute Gasteiger partial charge is 0.360 e. The van der Waals surface area contributed by atoms with Gasteiger partial charge in [0.1, 0.15) is 11.6 Å². The molecule has 3 heterocycles. The van der Waals surface area contributed by atoms with Crippen molar-refractivity contribution >= 4 is 33.2 Å². The van der Waals surface area contributed by atoms with Crippen LogP contribution in [0, 0.1) is 12.7 Å². The number of pyridine rings is 1. The van der Waals surface area contributed by atoms with Crippen molar-refractivity contribution in [1.29, 1.82) is 0 Å². The van der Waals surface area contributed by atoms with E-state index in [2.05, 4.69) is 25.7 Å². The SMILES string of the molecule is Cc1ccc(NC(=O)CCNc2nn3cc(-c4ccc(F)cc4)nc3s2)nc1. The summed E-state index contributed by atoms with van der Waals surface area (Å²) in [6, 6.07) is 9.84. The number of anilines is 2. The quantitative estimate of drug-likeness (QED) is 0.519. The topological polar surface area (TPSA) is 84.2 Å². The number of amides is 1. The van der Waals surface area contributed by atoms with Gasteiger partial charge in [-0.05, 0) is 42.8 Å². The maximum absolute atomic E-state index is 13.0. The van der Waals surface area contributed by atoms with E-state index in [1.54, 1.807) is 35.1 Å². The van der Waals surface area contributed by atoms with Gasteiger partial charge in [0, 0.05) is 24.7 Å². The van der Waals surface area contributed by atoms with Crippen molar-refractivity contribution in [1.82, 2.24) is 19.6 Å². The molecule has 0 aliphatic heterocycles. The molecule has 0 saturated carbocycles. The fourth-order valence-corrected chi connectivity index (χ4v) is 3.37. The number of imidazole rings is 1. The Morgan fingerprint density at radius 2 is 2.04 bits per heavy atom. The molecule has 9 heteroatoms. The third kappa shape index (κ3) is 4.15. The lowest BCUT2D eigenvalue weighted by Crippen LogP contribution is -2.16. The molecule has 3 aromatic heterocycles. The molecule has 142 valence electrons. The van der Waals surface area contributed by atoms with E-state index >= 15 is 0 Å². The standard InChI is InChI=1S/C19H17FN6OS/c1-12-2-7-16(22-10-12)24-17(27)8-9-21-18-25-26-11-15(23-19(26)28-18)13-3-5-14(20)6-4-13/h2-7,10-11H,8-9H2,1H3,(H,21,25)(H,22,24,27). The van der Waals surface area contributed by atoms with Gasteiger partial charge in [-0.15, -0.1) is 5.10 Å². The summed E-state index contributed by atoms with van der Waals surface area (Å²) >= 11 is 1.38. The third-order valence-electron chi connectivity index (χ3n) is 3.99. The Morgan fingerprint density at radius 1 is 1.21 bits per heavy atom. The van der Waals surface area contributed by atoms with E-state index in [4.69, 9.17) is 0 Å². The molecule has 4 aromatic rings. The van der Waals surface area contributed by atoms with Gasteiger partial charge in [-0.25, -0.2) is 18.9 Å². The number of halogens is 1. The molecule has 4 rings (SSSR count). The number of fused-ring (bicyclic) bond motifs is 1. The zero-order valence-corrected chi connectivity index (χ0v) is 15.8. The summed E-state index contributed by atoms with van der Waals surface area (Å²) in [5.74, 6) is 0.136. The minimum Gasteiger partial charge on any atom is -0.360 e. The predicted molar refractivity (Wildman–Crippen MR) is 107 cm³/mol. The highest BCUT2D eigenvalue weighted by molar-refractivity contribution is 7.20. The fourth-order valence-electron chi connectivity index (χ4n) is 2.56. The van der Waals surface area contributed by atoms with Crippen LogP contribution < -0.4 is 10.6 Å². The lowest BCUT2D eigenvalue weighted by atomic mass is 10.2. The van der Waals surface area contributed by atoms with E-state index < -0.39 is 0 Å². The summed E-state index contributed by atoms with van der Waals surface area (Å²) in [5, 5.41) is 11.0. The number of hydrogen-bond acceptors (Lipinski definition) is 6. The van der Waals surface area contributed by atoms with Gasteiger partial charge in [-0.1, -0.05) is 17.4 Å². The van der Waals surface area contributed by atoms with Crippen molar-refractivity contribution in [3.05, 3.63) is 60.2 Å². The third-order valence-corrected chi connectivity index (χ3v) is 4.87. The number of benzene rings is 1. The van der Waals surface area contributed by atoms with Crippen LogP contribution in [0.5, 0.6) is 0 Å². The first-order chi connectivity index (χ1) is 13.6. The molecule has 0 aliphatic rings. The number of nitrogens with zero attached hydrogens (tertiary/aromatic N) is 4. The molecule has 1 aromatic carbocycles. The first-order valence-corrected chi connectivity index (χ1v) is 9.47. The Hall–Kier alpha value is -3.33. The Morgan fingerprint density at radius 3 is 2.75 bits per heavy atom. The van der Waals surface area contributed by atoms with Gasteiger partial charge in [0.25, 0.3) is 0 Å². The van der Waals surface area contributed by atoms with Crippen LogP contribution in [0.25, 0.3) is 16.2 Å². The summed E-state index contributed by atoms with van der Waals surface area (Å²) in [6.45, 7) is 2.38. The Labute approximate surface area is 164 Å². The molecule has 1 amide bonds. The lowest BCUT2D eigenvalue weighted by molar-refractivity contribution is -0.116. The number of aromatic nitrogens is 4. The smallest absolute Gasteiger partial charge is 0.227 e. The van der Waals surface area contributed by atoms with Crippen molar-refractivity contribution in [2.75, 3.05) is 17.2 Å². The number of aryl methyl sites for hydroxylation is 1. The maximum atomic E-state index is 13.0. The molecule has 0 atom stereocenters. The van der Waals surface area contributed by atoms with Gasteiger partial charge in [0.15, 0.2) is 0 Å². The van der Waals surface area contributed by atoms with Crippen LogP contribution in [0.2, 0.25) is 0 Å². The van der Waals surface area contributed by atoms with E-state index in [0.717, 1.165) is 21.8 Å². The molecule has 2 N–H and O–H groups in total. The van der Waals surface area contributed by atoms with E-state index in [1.807, 2.05) is 13.0 Å². The van der Waals surface area contributed by atoms with Gasteiger partial charge < -0.3 is 10.6 Å². The van der Waals surface area contributed by atoms with Crippen LogP contribution in [-0.2, 0) is 4.79 Å². The molecule has 0 unspecified atom stereocenters.